The van der Waals surface area contributed by atoms with Crippen molar-refractivity contribution >= 4 is 23.8 Å². The van der Waals surface area contributed by atoms with Crippen LogP contribution < -0.4 is 5.32 Å². The third-order valence-corrected chi connectivity index (χ3v) is 10.4. The number of likely N-dealkylation sites (N-methyl/N-ethyl adjacent to an activating group) is 1. The minimum atomic E-state index is -1.32. The molecule has 0 aromatic rings. The van der Waals surface area contributed by atoms with Gasteiger partial charge in [0.05, 0.1) is 41.9 Å². The van der Waals surface area contributed by atoms with Crippen molar-refractivity contribution < 1.29 is 52.7 Å². The Hall–Kier alpha value is -2.32. The van der Waals surface area contributed by atoms with Gasteiger partial charge < -0.3 is 43.7 Å². The number of fused-ring (bicyclic) bond motifs is 1. The molecule has 0 aliphatic carbocycles. The number of amides is 1. The van der Waals surface area contributed by atoms with Crippen LogP contribution in [-0.4, -0.2) is 115 Å². The van der Waals surface area contributed by atoms with Gasteiger partial charge in [-0.1, -0.05) is 27.7 Å². The number of aliphatic hydroxyl groups excluding tert-OH is 1. The lowest BCUT2D eigenvalue weighted by Crippen LogP contribution is -2.61. The number of ether oxygens (including phenoxy) is 6. The third-order valence-electron chi connectivity index (χ3n) is 10.4. The summed E-state index contributed by atoms with van der Waals surface area (Å²) in [5.41, 5.74) is -2.53. The molecule has 264 valence electrons. The summed E-state index contributed by atoms with van der Waals surface area (Å²) in [5, 5.41) is 14.5. The molecule has 0 aromatic carbocycles. The highest BCUT2D eigenvalue weighted by Crippen LogP contribution is 2.41. The molecule has 0 unspecified atom stereocenters. The van der Waals surface area contributed by atoms with Crippen molar-refractivity contribution in [3.63, 3.8) is 0 Å². The van der Waals surface area contributed by atoms with Crippen LogP contribution in [0.15, 0.2) is 0 Å². The van der Waals surface area contributed by atoms with Gasteiger partial charge in [-0.05, 0) is 61.1 Å². The number of aliphatic hydroxyl groups is 1. The maximum Gasteiger partial charge on any atom is 0.408 e. The van der Waals surface area contributed by atoms with Crippen molar-refractivity contribution in [3.8, 4) is 0 Å². The molecule has 3 saturated heterocycles. The predicted molar refractivity (Wildman–Crippen MR) is 167 cm³/mol. The van der Waals surface area contributed by atoms with Crippen LogP contribution in [0.1, 0.15) is 81.6 Å². The van der Waals surface area contributed by atoms with Gasteiger partial charge in [0.2, 0.25) is 0 Å². The standard InChI is InChI=1S/C33H56N2O11/c1-13-23-33(9)27(34-31(40)46-33)18(4)24(37)16(2)15-32(8,41-12)28(19(5)25(38)20(6)29(39)44-23)45-30-26(43-21(7)36)22(35(10)11)14-17(3)42-30/h16-20,22-23,25-28,30,38H,13-15H2,1-12H3,(H,34,40)/t16-,17-,18-,19+,20-,22+,23+,25+,26-,27-,28-,30+,32+,33-/m1/s1. The van der Waals surface area contributed by atoms with Crippen LogP contribution in [0.2, 0.25) is 0 Å². The first kappa shape index (κ1) is 38.1. The van der Waals surface area contributed by atoms with E-state index < -0.39 is 89.7 Å². The lowest BCUT2D eigenvalue weighted by atomic mass is 9.73. The first-order chi connectivity index (χ1) is 21.3. The Morgan fingerprint density at radius 2 is 1.72 bits per heavy atom. The highest BCUT2D eigenvalue weighted by atomic mass is 16.7. The van der Waals surface area contributed by atoms with Crippen molar-refractivity contribution in [2.45, 2.75) is 142 Å². The van der Waals surface area contributed by atoms with E-state index in [2.05, 4.69) is 5.32 Å². The molecule has 2 N–H and O–H groups in total. The van der Waals surface area contributed by atoms with Gasteiger partial charge in [0.15, 0.2) is 18.0 Å². The Bertz CT molecular complexity index is 1120. The van der Waals surface area contributed by atoms with Crippen molar-refractivity contribution in [2.24, 2.45) is 23.7 Å². The summed E-state index contributed by atoms with van der Waals surface area (Å²) in [7, 11) is 5.27. The molecule has 1 amide bonds. The average Bonchev–Trinajstić information content (AvgIpc) is 3.30. The molecule has 0 saturated carbocycles. The number of carbonyl (C=O) groups is 4. The average molecular weight is 657 g/mol. The van der Waals surface area contributed by atoms with Crippen molar-refractivity contribution in [1.29, 1.82) is 0 Å². The summed E-state index contributed by atoms with van der Waals surface area (Å²) in [4.78, 5) is 54.4. The third kappa shape index (κ3) is 7.69. The minimum absolute atomic E-state index is 0.156. The van der Waals surface area contributed by atoms with E-state index in [1.165, 1.54) is 14.0 Å². The zero-order valence-electron chi connectivity index (χ0n) is 29.5. The molecule has 0 bridgehead atoms. The second-order valence-electron chi connectivity index (χ2n) is 14.2. The van der Waals surface area contributed by atoms with Crippen LogP contribution in [0.25, 0.3) is 0 Å². The van der Waals surface area contributed by atoms with Crippen molar-refractivity contribution in [1.82, 2.24) is 10.2 Å². The van der Waals surface area contributed by atoms with E-state index in [1.807, 2.05) is 25.9 Å². The number of nitrogens with one attached hydrogen (secondary N) is 1. The van der Waals surface area contributed by atoms with E-state index in [1.54, 1.807) is 48.5 Å². The number of methoxy groups -OCH3 is 1. The molecule has 3 rings (SSSR count). The molecule has 46 heavy (non-hydrogen) atoms. The zero-order valence-corrected chi connectivity index (χ0v) is 29.5. The second kappa shape index (κ2) is 14.8. The fraction of sp³-hybridized carbons (Fsp3) is 0.879. The van der Waals surface area contributed by atoms with Gasteiger partial charge in [0, 0.05) is 31.8 Å². The minimum Gasteiger partial charge on any atom is -0.458 e. The van der Waals surface area contributed by atoms with Gasteiger partial charge in [0.1, 0.15) is 11.9 Å². The molecule has 0 spiro atoms. The lowest BCUT2D eigenvalue weighted by Gasteiger charge is -2.48. The molecule has 3 aliphatic heterocycles. The fourth-order valence-electron chi connectivity index (χ4n) is 7.64. The number of nitrogens with zero attached hydrogens (tertiary/aromatic N) is 1. The topological polar surface area (TPSA) is 159 Å². The van der Waals surface area contributed by atoms with E-state index in [0.717, 1.165) is 0 Å². The molecular formula is C33H56N2O11. The van der Waals surface area contributed by atoms with E-state index in [-0.39, 0.29) is 24.3 Å². The normalized spacial score (nSPS) is 44.4. The number of rotatable bonds is 6. The highest BCUT2D eigenvalue weighted by molar-refractivity contribution is 5.85. The van der Waals surface area contributed by atoms with Crippen molar-refractivity contribution in [3.05, 3.63) is 0 Å². The Labute approximate surface area is 273 Å². The second-order valence-corrected chi connectivity index (χ2v) is 14.2. The summed E-state index contributed by atoms with van der Waals surface area (Å²) < 4.78 is 36.5. The van der Waals surface area contributed by atoms with E-state index in [4.69, 9.17) is 28.4 Å². The number of ketones is 1. The van der Waals surface area contributed by atoms with E-state index in [9.17, 15) is 24.3 Å². The van der Waals surface area contributed by atoms with Gasteiger partial charge in [-0.25, -0.2) is 4.79 Å². The number of hydrogen-bond donors (Lipinski definition) is 2. The number of hydrogen-bond acceptors (Lipinski definition) is 12. The van der Waals surface area contributed by atoms with Crippen LogP contribution in [0, 0.1) is 23.7 Å². The van der Waals surface area contributed by atoms with Crippen LogP contribution in [-0.2, 0) is 42.8 Å². The molecule has 13 nitrogen and oxygen atoms in total. The predicted octanol–water partition coefficient (Wildman–Crippen LogP) is 2.84. The number of esters is 2. The van der Waals surface area contributed by atoms with Gasteiger partial charge >= 0.3 is 18.0 Å². The highest BCUT2D eigenvalue weighted by Gasteiger charge is 2.57. The Kier molecular flexibility index (Phi) is 12.3. The maximum atomic E-state index is 14.1. The largest absolute Gasteiger partial charge is 0.458 e. The number of Topliss-reactive ketones (excluding diaryl/α,β-unsaturated/α-hetero) is 1. The van der Waals surface area contributed by atoms with Crippen LogP contribution in [0.5, 0.6) is 0 Å². The molecule has 14 atom stereocenters. The van der Waals surface area contributed by atoms with Gasteiger partial charge in [-0.15, -0.1) is 0 Å². The maximum absolute atomic E-state index is 14.1. The number of alkyl carbamates (subject to hydrolysis) is 1. The first-order valence-electron chi connectivity index (χ1n) is 16.4. The number of carbonyl (C=O) groups excluding carboxylic acids is 4. The molecule has 0 aromatic heterocycles. The number of cyclic esters (lactones) is 1. The van der Waals surface area contributed by atoms with Gasteiger partial charge in [-0.2, -0.15) is 0 Å². The first-order valence-corrected chi connectivity index (χ1v) is 16.4. The zero-order chi connectivity index (χ0) is 34.9. The van der Waals surface area contributed by atoms with Crippen LogP contribution >= 0.6 is 0 Å². The smallest absolute Gasteiger partial charge is 0.408 e. The van der Waals surface area contributed by atoms with E-state index >= 15 is 0 Å². The van der Waals surface area contributed by atoms with E-state index in [0.29, 0.717) is 12.8 Å². The quantitative estimate of drug-likeness (QED) is 0.319. The van der Waals surface area contributed by atoms with Gasteiger partial charge in [-0.3, -0.25) is 14.4 Å². The summed E-state index contributed by atoms with van der Waals surface area (Å²) >= 11 is 0. The molecular weight excluding hydrogens is 600 g/mol. The molecule has 3 fully saturated rings. The Morgan fingerprint density at radius 1 is 1.09 bits per heavy atom. The monoisotopic (exact) mass is 656 g/mol. The Morgan fingerprint density at radius 3 is 2.26 bits per heavy atom. The van der Waals surface area contributed by atoms with Gasteiger partial charge in [0.25, 0.3) is 0 Å². The molecule has 3 aliphatic rings. The molecule has 3 heterocycles. The summed E-state index contributed by atoms with van der Waals surface area (Å²) in [6.45, 7) is 15.3. The summed E-state index contributed by atoms with van der Waals surface area (Å²) in [6, 6.07) is -1.01. The SMILES string of the molecule is CC[C@@H]1OC(=O)[C@H](C)[C@@H](O)[C@H](C)[C@@H](O[C@@H]2O[C@H](C)C[C@H](N(C)C)[C@H]2OC(C)=O)[C@@](C)(OC)C[C@@H](C)C(=O)[C@@H](C)[C@H]2NC(=O)O[C@]12C. The van der Waals surface area contributed by atoms with Crippen LogP contribution in [0.3, 0.4) is 0 Å². The summed E-state index contributed by atoms with van der Waals surface area (Å²) in [6.07, 6.45) is -4.88. The van der Waals surface area contributed by atoms with Crippen LogP contribution in [0.4, 0.5) is 4.79 Å². The Balaban J connectivity index is 2.12. The molecule has 13 heteroatoms. The lowest BCUT2D eigenvalue weighted by molar-refractivity contribution is -0.303. The fourth-order valence-corrected chi connectivity index (χ4v) is 7.64. The summed E-state index contributed by atoms with van der Waals surface area (Å²) in [5.74, 6) is -4.43. The molecule has 0 radical (unpaired) electrons. The van der Waals surface area contributed by atoms with Crippen molar-refractivity contribution in [2.75, 3.05) is 21.2 Å².